The SMILES string of the molecule is CCCCNS(=O)N1CCOC1=O. The Morgan fingerprint density at radius 1 is 1.69 bits per heavy atom. The van der Waals surface area contributed by atoms with Crippen molar-refractivity contribution in [3.8, 4) is 0 Å². The van der Waals surface area contributed by atoms with Gasteiger partial charge in [0.1, 0.15) is 6.61 Å². The molecule has 1 unspecified atom stereocenters. The van der Waals surface area contributed by atoms with Crippen LogP contribution in [0.25, 0.3) is 0 Å². The summed E-state index contributed by atoms with van der Waals surface area (Å²) in [5.41, 5.74) is 0. The first-order chi connectivity index (χ1) is 6.25. The Bertz CT molecular complexity index is 210. The van der Waals surface area contributed by atoms with Crippen LogP contribution in [0.4, 0.5) is 4.79 Å². The molecule has 0 saturated carbocycles. The van der Waals surface area contributed by atoms with E-state index in [2.05, 4.69) is 16.4 Å². The quantitative estimate of drug-likeness (QED) is 0.663. The molecule has 1 aliphatic heterocycles. The van der Waals surface area contributed by atoms with Gasteiger partial charge >= 0.3 is 6.09 Å². The lowest BCUT2D eigenvalue weighted by atomic mass is 10.3. The van der Waals surface area contributed by atoms with Crippen LogP contribution in [-0.2, 0) is 15.9 Å². The summed E-state index contributed by atoms with van der Waals surface area (Å²) in [6.45, 7) is 3.45. The Labute approximate surface area is 80.2 Å². The summed E-state index contributed by atoms with van der Waals surface area (Å²) in [5, 5.41) is 0. The molecule has 0 radical (unpaired) electrons. The van der Waals surface area contributed by atoms with Gasteiger partial charge in [0, 0.05) is 6.54 Å². The fourth-order valence-corrected chi connectivity index (χ4v) is 1.85. The van der Waals surface area contributed by atoms with E-state index in [0.29, 0.717) is 19.7 Å². The molecule has 76 valence electrons. The minimum Gasteiger partial charge on any atom is -0.447 e. The number of amides is 1. The number of rotatable bonds is 5. The highest BCUT2D eigenvalue weighted by Crippen LogP contribution is 2.04. The van der Waals surface area contributed by atoms with E-state index in [1.807, 2.05) is 0 Å². The molecule has 1 N–H and O–H groups in total. The van der Waals surface area contributed by atoms with Gasteiger partial charge < -0.3 is 4.74 Å². The zero-order chi connectivity index (χ0) is 9.68. The van der Waals surface area contributed by atoms with Crippen molar-refractivity contribution in [3.05, 3.63) is 0 Å². The van der Waals surface area contributed by atoms with Gasteiger partial charge in [0.25, 0.3) is 0 Å². The van der Waals surface area contributed by atoms with E-state index in [0.717, 1.165) is 12.8 Å². The lowest BCUT2D eigenvalue weighted by Crippen LogP contribution is -2.36. The molecule has 0 bridgehead atoms. The first kappa shape index (κ1) is 10.5. The van der Waals surface area contributed by atoms with Crippen molar-refractivity contribution >= 4 is 17.3 Å². The van der Waals surface area contributed by atoms with Crippen molar-refractivity contribution in [1.82, 2.24) is 9.03 Å². The largest absolute Gasteiger partial charge is 0.447 e. The highest BCUT2D eigenvalue weighted by Gasteiger charge is 2.26. The third-order valence-electron chi connectivity index (χ3n) is 1.68. The van der Waals surface area contributed by atoms with Crippen LogP contribution in [-0.4, -0.2) is 34.3 Å². The normalized spacial score (nSPS) is 18.8. The first-order valence-corrected chi connectivity index (χ1v) is 5.46. The van der Waals surface area contributed by atoms with Crippen LogP contribution < -0.4 is 4.72 Å². The predicted molar refractivity (Wildman–Crippen MR) is 49.1 cm³/mol. The fourth-order valence-electron chi connectivity index (χ4n) is 0.944. The van der Waals surface area contributed by atoms with Crippen molar-refractivity contribution in [2.45, 2.75) is 19.8 Å². The molecule has 1 aliphatic rings. The summed E-state index contributed by atoms with van der Waals surface area (Å²) in [5.74, 6) is 0. The smallest absolute Gasteiger partial charge is 0.422 e. The number of nitrogens with zero attached hydrogens (tertiary/aromatic N) is 1. The lowest BCUT2D eigenvalue weighted by molar-refractivity contribution is 0.170. The predicted octanol–water partition coefficient (Wildman–Crippen LogP) is 0.407. The molecule has 0 aliphatic carbocycles. The summed E-state index contributed by atoms with van der Waals surface area (Å²) in [6.07, 6.45) is 1.49. The summed E-state index contributed by atoms with van der Waals surface area (Å²) in [6, 6.07) is 0. The number of hydrogen-bond donors (Lipinski definition) is 1. The summed E-state index contributed by atoms with van der Waals surface area (Å²) >= 11 is -1.42. The summed E-state index contributed by atoms with van der Waals surface area (Å²) < 4.78 is 19.9. The standard InChI is InChI=1S/C7H14N2O3S/c1-2-3-4-8-13(11)9-5-6-12-7(9)10/h8H,2-6H2,1H3. The first-order valence-electron chi connectivity index (χ1n) is 4.35. The molecule has 0 spiro atoms. The average Bonchev–Trinajstić information content (AvgIpc) is 2.52. The number of nitrogens with one attached hydrogen (secondary N) is 1. The Hall–Kier alpha value is -0.620. The van der Waals surface area contributed by atoms with Gasteiger partial charge in [0.05, 0.1) is 6.54 Å². The molecule has 1 atom stereocenters. The summed E-state index contributed by atoms with van der Waals surface area (Å²) in [4.78, 5) is 10.9. The molecule has 0 aromatic carbocycles. The molecule has 13 heavy (non-hydrogen) atoms. The molecule has 6 heteroatoms. The zero-order valence-corrected chi connectivity index (χ0v) is 8.43. The van der Waals surface area contributed by atoms with E-state index in [1.54, 1.807) is 0 Å². The maximum absolute atomic E-state index is 11.4. The van der Waals surface area contributed by atoms with Crippen molar-refractivity contribution in [2.24, 2.45) is 0 Å². The molecule has 0 aromatic heterocycles. The van der Waals surface area contributed by atoms with Crippen molar-refractivity contribution in [2.75, 3.05) is 19.7 Å². The summed E-state index contributed by atoms with van der Waals surface area (Å²) in [7, 11) is 0. The topological polar surface area (TPSA) is 58.6 Å². The second-order valence-electron chi connectivity index (χ2n) is 2.71. The van der Waals surface area contributed by atoms with Crippen LogP contribution in [0.5, 0.6) is 0 Å². The molecule has 1 amide bonds. The number of carbonyl (C=O) groups excluding carboxylic acids is 1. The number of carbonyl (C=O) groups is 1. The van der Waals surface area contributed by atoms with Gasteiger partial charge in [-0.25, -0.2) is 18.0 Å². The Balaban J connectivity index is 2.26. The molecule has 1 saturated heterocycles. The van der Waals surface area contributed by atoms with Gasteiger partial charge in [-0.05, 0) is 6.42 Å². The monoisotopic (exact) mass is 206 g/mol. The van der Waals surface area contributed by atoms with E-state index in [-0.39, 0.29) is 0 Å². The molecule has 5 nitrogen and oxygen atoms in total. The Morgan fingerprint density at radius 3 is 3.00 bits per heavy atom. The van der Waals surface area contributed by atoms with Crippen LogP contribution >= 0.6 is 0 Å². The van der Waals surface area contributed by atoms with Gasteiger partial charge in [0.2, 0.25) is 11.2 Å². The van der Waals surface area contributed by atoms with Crippen LogP contribution in [0.1, 0.15) is 19.8 Å². The minimum absolute atomic E-state index is 0.333. The fraction of sp³-hybridized carbons (Fsp3) is 0.857. The highest BCUT2D eigenvalue weighted by atomic mass is 32.2. The van der Waals surface area contributed by atoms with E-state index < -0.39 is 17.3 Å². The lowest BCUT2D eigenvalue weighted by Gasteiger charge is -2.11. The van der Waals surface area contributed by atoms with Gasteiger partial charge in [-0.1, -0.05) is 13.3 Å². The molecule has 1 heterocycles. The second kappa shape index (κ2) is 5.18. The van der Waals surface area contributed by atoms with Crippen LogP contribution in [0.15, 0.2) is 0 Å². The number of unbranched alkanes of at least 4 members (excludes halogenated alkanes) is 1. The molecule has 1 fully saturated rings. The number of ether oxygens (including phenoxy) is 1. The third kappa shape index (κ3) is 2.96. The molecule has 1 rings (SSSR count). The van der Waals surface area contributed by atoms with Crippen molar-refractivity contribution < 1.29 is 13.7 Å². The van der Waals surface area contributed by atoms with E-state index in [9.17, 15) is 9.00 Å². The van der Waals surface area contributed by atoms with Crippen LogP contribution in [0.3, 0.4) is 0 Å². The van der Waals surface area contributed by atoms with Crippen molar-refractivity contribution in [3.63, 3.8) is 0 Å². The molecular formula is C7H14N2O3S. The van der Waals surface area contributed by atoms with Crippen LogP contribution in [0.2, 0.25) is 0 Å². The van der Waals surface area contributed by atoms with E-state index >= 15 is 0 Å². The maximum atomic E-state index is 11.4. The van der Waals surface area contributed by atoms with Crippen molar-refractivity contribution in [1.29, 1.82) is 0 Å². The third-order valence-corrected chi connectivity index (χ3v) is 2.86. The van der Waals surface area contributed by atoms with Crippen LogP contribution in [0, 0.1) is 0 Å². The molecular weight excluding hydrogens is 192 g/mol. The zero-order valence-electron chi connectivity index (χ0n) is 7.62. The average molecular weight is 206 g/mol. The van der Waals surface area contributed by atoms with E-state index in [1.165, 1.54) is 4.31 Å². The maximum Gasteiger partial charge on any atom is 0.422 e. The number of hydrogen-bond acceptors (Lipinski definition) is 3. The van der Waals surface area contributed by atoms with Gasteiger partial charge in [-0.15, -0.1) is 0 Å². The Kier molecular flexibility index (Phi) is 4.17. The highest BCUT2D eigenvalue weighted by molar-refractivity contribution is 7.81. The Morgan fingerprint density at radius 2 is 2.46 bits per heavy atom. The minimum atomic E-state index is -1.42. The van der Waals surface area contributed by atoms with E-state index in [4.69, 9.17) is 0 Å². The van der Waals surface area contributed by atoms with Gasteiger partial charge in [0.15, 0.2) is 0 Å². The van der Waals surface area contributed by atoms with Gasteiger partial charge in [-0.3, -0.25) is 0 Å². The molecule has 0 aromatic rings. The van der Waals surface area contributed by atoms with Gasteiger partial charge in [-0.2, -0.15) is 0 Å². The number of cyclic esters (lactones) is 1. The second-order valence-corrected chi connectivity index (χ2v) is 3.94.